The first-order chi connectivity index (χ1) is 7.71. The fourth-order valence-electron chi connectivity index (χ4n) is 1.03. The highest BCUT2D eigenvalue weighted by Gasteiger charge is 2.31. The zero-order valence-corrected chi connectivity index (χ0v) is 10.2. The Morgan fingerprint density at radius 2 is 2.00 bits per heavy atom. The SMILES string of the molecule is CC(Br)C(=O)Nc1cc(C(F)(F)F)ccc1F. The van der Waals surface area contributed by atoms with E-state index in [-0.39, 0.29) is 0 Å². The van der Waals surface area contributed by atoms with Crippen LogP contribution in [0.1, 0.15) is 12.5 Å². The summed E-state index contributed by atoms with van der Waals surface area (Å²) in [5.74, 6) is -1.54. The summed E-state index contributed by atoms with van der Waals surface area (Å²) in [5, 5.41) is 2.06. The van der Waals surface area contributed by atoms with E-state index in [0.717, 1.165) is 0 Å². The van der Waals surface area contributed by atoms with Crippen molar-refractivity contribution in [2.24, 2.45) is 0 Å². The van der Waals surface area contributed by atoms with Gasteiger partial charge in [0.2, 0.25) is 5.91 Å². The second-order valence-electron chi connectivity index (χ2n) is 3.30. The van der Waals surface area contributed by atoms with Crippen molar-refractivity contribution in [1.29, 1.82) is 0 Å². The largest absolute Gasteiger partial charge is 0.416 e. The lowest BCUT2D eigenvalue weighted by Crippen LogP contribution is -2.21. The highest BCUT2D eigenvalue weighted by Crippen LogP contribution is 2.31. The van der Waals surface area contributed by atoms with Crippen LogP contribution in [0.15, 0.2) is 18.2 Å². The third-order valence-electron chi connectivity index (χ3n) is 1.91. The molecule has 17 heavy (non-hydrogen) atoms. The second kappa shape index (κ2) is 5.03. The summed E-state index contributed by atoms with van der Waals surface area (Å²) in [6, 6.07) is 1.84. The van der Waals surface area contributed by atoms with Crippen LogP contribution >= 0.6 is 15.9 Å². The molecular weight excluding hydrogens is 306 g/mol. The molecule has 0 fully saturated rings. The van der Waals surface area contributed by atoms with Gasteiger partial charge in [-0.1, -0.05) is 15.9 Å². The van der Waals surface area contributed by atoms with Crippen molar-refractivity contribution < 1.29 is 22.4 Å². The van der Waals surface area contributed by atoms with Gasteiger partial charge in [-0.2, -0.15) is 13.2 Å². The minimum absolute atomic E-state index is 0.490. The van der Waals surface area contributed by atoms with E-state index in [1.165, 1.54) is 6.92 Å². The van der Waals surface area contributed by atoms with Crippen molar-refractivity contribution in [2.75, 3.05) is 5.32 Å². The number of rotatable bonds is 2. The van der Waals surface area contributed by atoms with Crippen LogP contribution in [0.4, 0.5) is 23.2 Å². The molecule has 0 bridgehead atoms. The van der Waals surface area contributed by atoms with Crippen molar-refractivity contribution in [3.8, 4) is 0 Å². The number of alkyl halides is 4. The fraction of sp³-hybridized carbons (Fsp3) is 0.300. The van der Waals surface area contributed by atoms with E-state index >= 15 is 0 Å². The number of hydrogen-bond donors (Lipinski definition) is 1. The van der Waals surface area contributed by atoms with Crippen molar-refractivity contribution in [2.45, 2.75) is 17.9 Å². The maximum Gasteiger partial charge on any atom is 0.416 e. The third kappa shape index (κ3) is 3.69. The molecule has 0 aromatic heterocycles. The summed E-state index contributed by atoms with van der Waals surface area (Å²) in [4.78, 5) is 10.6. The van der Waals surface area contributed by atoms with Gasteiger partial charge >= 0.3 is 6.18 Å². The van der Waals surface area contributed by atoms with Crippen LogP contribution in [0.2, 0.25) is 0 Å². The quantitative estimate of drug-likeness (QED) is 0.656. The summed E-state index contributed by atoms with van der Waals surface area (Å²) in [6.45, 7) is 1.47. The summed E-state index contributed by atoms with van der Waals surface area (Å²) < 4.78 is 50.2. The van der Waals surface area contributed by atoms with Gasteiger partial charge in [-0.05, 0) is 25.1 Å². The molecule has 1 rings (SSSR count). The summed E-state index contributed by atoms with van der Waals surface area (Å²) in [7, 11) is 0. The van der Waals surface area contributed by atoms with Crippen LogP contribution < -0.4 is 5.32 Å². The minimum atomic E-state index is -4.58. The molecule has 0 aliphatic carbocycles. The van der Waals surface area contributed by atoms with Crippen molar-refractivity contribution in [3.63, 3.8) is 0 Å². The molecule has 0 saturated carbocycles. The summed E-state index contributed by atoms with van der Waals surface area (Å²) in [6.07, 6.45) is -4.58. The maximum atomic E-state index is 13.2. The number of halogens is 5. The Bertz CT molecular complexity index is 431. The maximum absolute atomic E-state index is 13.2. The molecule has 0 saturated heterocycles. The molecule has 0 aliphatic rings. The molecule has 1 aromatic carbocycles. The van der Waals surface area contributed by atoms with Crippen LogP contribution in [0.25, 0.3) is 0 Å². The van der Waals surface area contributed by atoms with Crippen LogP contribution in [-0.2, 0) is 11.0 Å². The molecule has 2 nitrogen and oxygen atoms in total. The third-order valence-corrected chi connectivity index (χ3v) is 2.33. The summed E-state index contributed by atoms with van der Waals surface area (Å²) in [5.41, 5.74) is -1.51. The Balaban J connectivity index is 3.03. The Hall–Kier alpha value is -1.11. The first kappa shape index (κ1) is 14.0. The van der Waals surface area contributed by atoms with Gasteiger partial charge in [0.25, 0.3) is 0 Å². The van der Waals surface area contributed by atoms with Crippen LogP contribution in [-0.4, -0.2) is 10.7 Å². The Labute approximate surface area is 103 Å². The number of hydrogen-bond acceptors (Lipinski definition) is 1. The molecule has 94 valence electrons. The number of benzene rings is 1. The van der Waals surface area contributed by atoms with Gasteiger partial charge in [-0.15, -0.1) is 0 Å². The molecule has 1 atom stereocenters. The molecule has 1 unspecified atom stereocenters. The van der Waals surface area contributed by atoms with E-state index in [0.29, 0.717) is 18.2 Å². The predicted octanol–water partition coefficient (Wildman–Crippen LogP) is 3.57. The van der Waals surface area contributed by atoms with Crippen LogP contribution in [0.3, 0.4) is 0 Å². The zero-order valence-electron chi connectivity index (χ0n) is 8.61. The average molecular weight is 314 g/mol. The second-order valence-corrected chi connectivity index (χ2v) is 4.67. The standard InChI is InChI=1S/C10H8BrF4NO/c1-5(11)9(17)16-8-4-6(10(13,14)15)2-3-7(8)12/h2-5H,1H3,(H,16,17). The normalized spacial score (nSPS) is 13.3. The van der Waals surface area contributed by atoms with E-state index in [9.17, 15) is 22.4 Å². The smallest absolute Gasteiger partial charge is 0.323 e. The lowest BCUT2D eigenvalue weighted by atomic mass is 10.2. The van der Waals surface area contributed by atoms with Gasteiger partial charge in [-0.25, -0.2) is 4.39 Å². The fourth-order valence-corrected chi connectivity index (χ4v) is 1.14. The molecule has 0 heterocycles. The van der Waals surface area contributed by atoms with E-state index in [2.05, 4.69) is 21.2 Å². The predicted molar refractivity (Wildman–Crippen MR) is 58.4 cm³/mol. The van der Waals surface area contributed by atoms with E-state index in [1.54, 1.807) is 0 Å². The van der Waals surface area contributed by atoms with Crippen molar-refractivity contribution >= 4 is 27.5 Å². The van der Waals surface area contributed by atoms with E-state index in [4.69, 9.17) is 0 Å². The van der Waals surface area contributed by atoms with Crippen molar-refractivity contribution in [3.05, 3.63) is 29.6 Å². The lowest BCUT2D eigenvalue weighted by molar-refractivity contribution is -0.137. The van der Waals surface area contributed by atoms with Gasteiger partial charge in [0.05, 0.1) is 16.1 Å². The zero-order chi connectivity index (χ0) is 13.2. The first-order valence-corrected chi connectivity index (χ1v) is 5.45. The van der Waals surface area contributed by atoms with Gasteiger partial charge in [-0.3, -0.25) is 4.79 Å². The number of amides is 1. The first-order valence-electron chi connectivity index (χ1n) is 4.53. The molecular formula is C10H8BrF4NO. The number of carbonyl (C=O) groups excluding carboxylic acids is 1. The van der Waals surface area contributed by atoms with Crippen LogP contribution in [0.5, 0.6) is 0 Å². The molecule has 1 N–H and O–H groups in total. The topological polar surface area (TPSA) is 29.1 Å². The van der Waals surface area contributed by atoms with Gasteiger partial charge < -0.3 is 5.32 Å². The monoisotopic (exact) mass is 313 g/mol. The molecule has 7 heteroatoms. The number of anilines is 1. The highest BCUT2D eigenvalue weighted by molar-refractivity contribution is 9.10. The molecule has 0 aliphatic heterocycles. The van der Waals surface area contributed by atoms with Gasteiger partial charge in [0.15, 0.2) is 0 Å². The lowest BCUT2D eigenvalue weighted by Gasteiger charge is -2.11. The molecule has 1 aromatic rings. The summed E-state index contributed by atoms with van der Waals surface area (Å²) >= 11 is 2.92. The van der Waals surface area contributed by atoms with E-state index < -0.39 is 34.0 Å². The number of carbonyl (C=O) groups is 1. The van der Waals surface area contributed by atoms with Crippen LogP contribution in [0, 0.1) is 5.82 Å². The van der Waals surface area contributed by atoms with Crippen molar-refractivity contribution in [1.82, 2.24) is 0 Å². The Morgan fingerprint density at radius 1 is 1.41 bits per heavy atom. The average Bonchev–Trinajstić information content (AvgIpc) is 2.19. The minimum Gasteiger partial charge on any atom is -0.323 e. The Kier molecular flexibility index (Phi) is 4.13. The van der Waals surface area contributed by atoms with E-state index in [1.807, 2.05) is 0 Å². The molecule has 0 radical (unpaired) electrons. The molecule has 0 spiro atoms. The van der Waals surface area contributed by atoms with Gasteiger partial charge in [0, 0.05) is 0 Å². The highest BCUT2D eigenvalue weighted by atomic mass is 79.9. The van der Waals surface area contributed by atoms with Gasteiger partial charge in [0.1, 0.15) is 5.82 Å². The molecule has 1 amide bonds. The number of nitrogens with one attached hydrogen (secondary N) is 1. The Morgan fingerprint density at radius 3 is 2.47 bits per heavy atom.